The van der Waals surface area contributed by atoms with Crippen LogP contribution >= 0.6 is 0 Å². The quantitative estimate of drug-likeness (QED) is 0.685. The van der Waals surface area contributed by atoms with Gasteiger partial charge in [-0.25, -0.2) is 4.39 Å². The second-order valence-corrected chi connectivity index (χ2v) is 6.85. The number of fused-ring (bicyclic) bond motifs is 1. The van der Waals surface area contributed by atoms with Gasteiger partial charge in [0, 0.05) is 29.7 Å². The van der Waals surface area contributed by atoms with Crippen LogP contribution in [-0.2, 0) is 6.54 Å². The molecule has 2 nitrogen and oxygen atoms in total. The number of hydrogen-bond acceptors (Lipinski definition) is 1. The second-order valence-electron chi connectivity index (χ2n) is 6.85. The maximum atomic E-state index is 13.6. The van der Waals surface area contributed by atoms with Gasteiger partial charge in [0.15, 0.2) is 0 Å². The number of benzene rings is 2. The number of halogens is 1. The number of hydrogen-bond donors (Lipinski definition) is 2. The first-order valence-electron chi connectivity index (χ1n) is 8.83. The lowest BCUT2D eigenvalue weighted by molar-refractivity contribution is 0.342. The Bertz CT molecular complexity index is 801. The molecule has 0 atom stereocenters. The van der Waals surface area contributed by atoms with Crippen LogP contribution < -0.4 is 5.32 Å². The molecule has 1 aliphatic rings. The van der Waals surface area contributed by atoms with Crippen molar-refractivity contribution in [1.29, 1.82) is 0 Å². The normalized spacial score (nSPS) is 21.2. The van der Waals surface area contributed by atoms with Crippen LogP contribution in [0.2, 0.25) is 0 Å². The average molecular weight is 322 g/mol. The Hall–Kier alpha value is -2.13. The lowest BCUT2D eigenvalue weighted by Gasteiger charge is -2.29. The monoisotopic (exact) mass is 322 g/mol. The predicted molar refractivity (Wildman–Crippen MR) is 96.5 cm³/mol. The molecule has 0 aliphatic heterocycles. The molecule has 0 radical (unpaired) electrons. The van der Waals surface area contributed by atoms with E-state index in [9.17, 15) is 4.39 Å². The number of nitrogens with one attached hydrogen (secondary N) is 2. The van der Waals surface area contributed by atoms with Gasteiger partial charge < -0.3 is 10.3 Å². The van der Waals surface area contributed by atoms with Crippen LogP contribution in [0, 0.1) is 5.82 Å². The first kappa shape index (κ1) is 15.4. The fourth-order valence-corrected chi connectivity index (χ4v) is 3.92. The van der Waals surface area contributed by atoms with Crippen LogP contribution in [0.4, 0.5) is 4.39 Å². The van der Waals surface area contributed by atoms with Crippen LogP contribution in [0.25, 0.3) is 10.9 Å². The molecule has 3 heteroatoms. The van der Waals surface area contributed by atoms with Gasteiger partial charge in [0.05, 0.1) is 0 Å². The average Bonchev–Trinajstić information content (AvgIpc) is 3.04. The zero-order valence-electron chi connectivity index (χ0n) is 13.8. The smallest absolute Gasteiger partial charge is 0.123 e. The highest BCUT2D eigenvalue weighted by molar-refractivity contribution is 5.83. The summed E-state index contributed by atoms with van der Waals surface area (Å²) in [5, 5.41) is 4.73. The Morgan fingerprint density at radius 2 is 1.79 bits per heavy atom. The highest BCUT2D eigenvalue weighted by Gasteiger charge is 2.24. The Morgan fingerprint density at radius 3 is 2.58 bits per heavy atom. The van der Waals surface area contributed by atoms with Gasteiger partial charge in [-0.3, -0.25) is 0 Å². The van der Waals surface area contributed by atoms with E-state index in [0.29, 0.717) is 12.0 Å². The van der Waals surface area contributed by atoms with E-state index >= 15 is 0 Å². The molecule has 2 N–H and O–H groups in total. The maximum absolute atomic E-state index is 13.6. The molecule has 1 fully saturated rings. The number of aromatic amines is 1. The van der Waals surface area contributed by atoms with Crippen molar-refractivity contribution in [2.45, 2.75) is 44.2 Å². The summed E-state index contributed by atoms with van der Waals surface area (Å²) in [4.78, 5) is 3.29. The van der Waals surface area contributed by atoms with Crippen LogP contribution in [0.1, 0.15) is 42.7 Å². The topological polar surface area (TPSA) is 27.8 Å². The minimum Gasteiger partial charge on any atom is -0.361 e. The van der Waals surface area contributed by atoms with E-state index in [1.807, 2.05) is 6.07 Å². The van der Waals surface area contributed by atoms with Crippen molar-refractivity contribution < 1.29 is 4.39 Å². The Labute approximate surface area is 142 Å². The molecule has 0 spiro atoms. The maximum Gasteiger partial charge on any atom is 0.123 e. The Morgan fingerprint density at radius 1 is 1.00 bits per heavy atom. The number of rotatable bonds is 4. The molecule has 0 amide bonds. The minimum absolute atomic E-state index is 0.151. The lowest BCUT2D eigenvalue weighted by atomic mass is 9.81. The summed E-state index contributed by atoms with van der Waals surface area (Å²) in [5.74, 6) is 0.386. The molecule has 2 aromatic carbocycles. The van der Waals surface area contributed by atoms with Crippen LogP contribution in [-0.4, -0.2) is 11.0 Å². The van der Waals surface area contributed by atoms with E-state index in [1.54, 1.807) is 6.07 Å². The predicted octanol–water partition coefficient (Wildman–Crippen LogP) is 5.12. The molecule has 1 aromatic heterocycles. The zero-order chi connectivity index (χ0) is 16.4. The molecule has 1 aliphatic carbocycles. The highest BCUT2D eigenvalue weighted by Crippen LogP contribution is 2.36. The van der Waals surface area contributed by atoms with Crippen molar-refractivity contribution in [1.82, 2.24) is 10.3 Å². The van der Waals surface area contributed by atoms with Crippen LogP contribution in [0.15, 0.2) is 54.7 Å². The zero-order valence-corrected chi connectivity index (χ0v) is 13.8. The van der Waals surface area contributed by atoms with E-state index < -0.39 is 0 Å². The van der Waals surface area contributed by atoms with Crippen molar-refractivity contribution in [2.75, 3.05) is 0 Å². The van der Waals surface area contributed by atoms with Gasteiger partial charge >= 0.3 is 0 Å². The molecule has 0 unspecified atom stereocenters. The summed E-state index contributed by atoms with van der Waals surface area (Å²) in [7, 11) is 0. The van der Waals surface area contributed by atoms with Gasteiger partial charge in [-0.15, -0.1) is 0 Å². The standard InChI is InChI=1S/C21H23FN2/c22-17-8-11-21-19(12-17)20(14-24-21)16-6-9-18(10-7-16)23-13-15-4-2-1-3-5-15/h1-5,8,11-12,14,16,18,23-24H,6-7,9-10,13H2/t16-,18-. The first-order valence-corrected chi connectivity index (χ1v) is 8.83. The molecule has 0 saturated heterocycles. The third-order valence-electron chi connectivity index (χ3n) is 5.28. The van der Waals surface area contributed by atoms with Gasteiger partial charge in [-0.2, -0.15) is 0 Å². The van der Waals surface area contributed by atoms with Gasteiger partial charge in [-0.1, -0.05) is 30.3 Å². The largest absolute Gasteiger partial charge is 0.361 e. The third kappa shape index (κ3) is 3.22. The summed E-state index contributed by atoms with van der Waals surface area (Å²) in [6.45, 7) is 0.939. The SMILES string of the molecule is Fc1ccc2[nH]cc([C@H]3CC[C@H](NCc4ccccc4)CC3)c2c1. The molecule has 3 aromatic rings. The number of aromatic nitrogens is 1. The second kappa shape index (κ2) is 6.78. The Kier molecular flexibility index (Phi) is 4.35. The van der Waals surface area contributed by atoms with Crippen molar-refractivity contribution >= 4 is 10.9 Å². The van der Waals surface area contributed by atoms with Gasteiger partial charge in [0.1, 0.15) is 5.82 Å². The number of H-pyrrole nitrogens is 1. The Balaban J connectivity index is 1.38. The van der Waals surface area contributed by atoms with Crippen LogP contribution in [0.3, 0.4) is 0 Å². The third-order valence-corrected chi connectivity index (χ3v) is 5.28. The van der Waals surface area contributed by atoms with Crippen molar-refractivity contribution in [3.05, 3.63) is 71.7 Å². The summed E-state index contributed by atoms with van der Waals surface area (Å²) in [6.07, 6.45) is 6.76. The van der Waals surface area contributed by atoms with Crippen molar-refractivity contribution in [2.24, 2.45) is 0 Å². The molecule has 1 saturated carbocycles. The fourth-order valence-electron chi connectivity index (χ4n) is 3.92. The molecular formula is C21H23FN2. The van der Waals surface area contributed by atoms with Gasteiger partial charge in [0.25, 0.3) is 0 Å². The van der Waals surface area contributed by atoms with Crippen LogP contribution in [0.5, 0.6) is 0 Å². The molecule has 124 valence electrons. The van der Waals surface area contributed by atoms with E-state index in [0.717, 1.165) is 30.3 Å². The van der Waals surface area contributed by atoms with E-state index in [1.165, 1.54) is 30.0 Å². The van der Waals surface area contributed by atoms with Crippen molar-refractivity contribution in [3.63, 3.8) is 0 Å². The molecule has 0 bridgehead atoms. The lowest BCUT2D eigenvalue weighted by Crippen LogP contribution is -2.32. The summed E-state index contributed by atoms with van der Waals surface area (Å²) < 4.78 is 13.6. The van der Waals surface area contributed by atoms with E-state index in [2.05, 4.69) is 46.8 Å². The van der Waals surface area contributed by atoms with Gasteiger partial charge in [0.2, 0.25) is 0 Å². The fraction of sp³-hybridized carbons (Fsp3) is 0.333. The van der Waals surface area contributed by atoms with E-state index in [-0.39, 0.29) is 5.82 Å². The first-order chi connectivity index (χ1) is 11.8. The van der Waals surface area contributed by atoms with Crippen molar-refractivity contribution in [3.8, 4) is 0 Å². The van der Waals surface area contributed by atoms with Gasteiger partial charge in [-0.05, 0) is 60.9 Å². The highest BCUT2D eigenvalue weighted by atomic mass is 19.1. The minimum atomic E-state index is -0.151. The summed E-state index contributed by atoms with van der Waals surface area (Å²) in [6, 6.07) is 16.2. The summed E-state index contributed by atoms with van der Waals surface area (Å²) >= 11 is 0. The molecule has 1 heterocycles. The molecular weight excluding hydrogens is 299 g/mol. The molecule has 24 heavy (non-hydrogen) atoms. The molecule has 4 rings (SSSR count). The summed E-state index contributed by atoms with van der Waals surface area (Å²) in [5.41, 5.74) is 3.66. The van der Waals surface area contributed by atoms with E-state index in [4.69, 9.17) is 0 Å².